The van der Waals surface area contributed by atoms with Crippen LogP contribution in [-0.4, -0.2) is 35.1 Å². The van der Waals surface area contributed by atoms with Crippen LogP contribution in [0.5, 0.6) is 0 Å². The molecule has 0 aliphatic heterocycles. The number of carboxylic acid groups (broad SMARTS) is 1. The van der Waals surface area contributed by atoms with Crippen molar-refractivity contribution in [2.24, 2.45) is 0 Å². The van der Waals surface area contributed by atoms with Gasteiger partial charge in [-0.15, -0.1) is 0 Å². The smallest absolute Gasteiger partial charge is 0.355 e. The summed E-state index contributed by atoms with van der Waals surface area (Å²) in [7, 11) is -3.36. The summed E-state index contributed by atoms with van der Waals surface area (Å²) in [5.41, 5.74) is 1.52. The second-order valence-corrected chi connectivity index (χ2v) is 7.27. The number of hydrogen-bond acceptors (Lipinski definition) is 5. The van der Waals surface area contributed by atoms with Gasteiger partial charge in [0, 0.05) is 25.2 Å². The molecule has 2 aromatic heterocycles. The van der Waals surface area contributed by atoms with Crippen LogP contribution in [-0.2, 0) is 16.4 Å². The van der Waals surface area contributed by atoms with Gasteiger partial charge < -0.3 is 10.4 Å². The molecular weight excluding hydrogens is 330 g/mol. The average Bonchev–Trinajstić information content (AvgIpc) is 2.99. The number of aromatic nitrogens is 2. The maximum atomic E-state index is 11.8. The summed E-state index contributed by atoms with van der Waals surface area (Å²) in [4.78, 5) is 15.9. The Hall–Kier alpha value is -2.87. The SMILES string of the molecule is CS(=O)(=O)c1ccccc1CNc1ccc2nccn2c1C(=O)O. The van der Waals surface area contributed by atoms with Gasteiger partial charge in [0.2, 0.25) is 0 Å². The van der Waals surface area contributed by atoms with Gasteiger partial charge in [-0.2, -0.15) is 0 Å². The minimum atomic E-state index is -3.36. The van der Waals surface area contributed by atoms with E-state index in [1.807, 2.05) is 0 Å². The zero-order valence-electron chi connectivity index (χ0n) is 12.8. The average molecular weight is 345 g/mol. The van der Waals surface area contributed by atoms with Gasteiger partial charge in [-0.05, 0) is 23.8 Å². The van der Waals surface area contributed by atoms with Gasteiger partial charge in [0.15, 0.2) is 15.5 Å². The molecule has 0 amide bonds. The molecule has 0 spiro atoms. The van der Waals surface area contributed by atoms with E-state index in [1.54, 1.807) is 36.5 Å². The number of carboxylic acids is 1. The van der Waals surface area contributed by atoms with E-state index in [0.717, 1.165) is 6.26 Å². The van der Waals surface area contributed by atoms with Gasteiger partial charge in [-0.3, -0.25) is 4.40 Å². The minimum Gasteiger partial charge on any atom is -0.476 e. The van der Waals surface area contributed by atoms with E-state index in [4.69, 9.17) is 0 Å². The van der Waals surface area contributed by atoms with E-state index < -0.39 is 15.8 Å². The molecule has 0 saturated carbocycles. The molecule has 0 bridgehead atoms. The largest absolute Gasteiger partial charge is 0.476 e. The molecule has 0 aliphatic rings. The number of benzene rings is 1. The molecule has 2 N–H and O–H groups in total. The van der Waals surface area contributed by atoms with E-state index in [-0.39, 0.29) is 17.1 Å². The molecule has 0 unspecified atom stereocenters. The number of carbonyl (C=O) groups is 1. The fourth-order valence-electron chi connectivity index (χ4n) is 2.56. The number of fused-ring (bicyclic) bond motifs is 1. The standard InChI is InChI=1S/C16H15N3O4S/c1-24(22,23)13-5-3-2-4-11(13)10-18-12-6-7-14-17-8-9-19(14)15(12)16(20)21/h2-9,18H,10H2,1H3,(H,20,21). The Morgan fingerprint density at radius 3 is 2.71 bits per heavy atom. The first-order valence-corrected chi connectivity index (χ1v) is 8.98. The van der Waals surface area contributed by atoms with E-state index in [1.165, 1.54) is 16.7 Å². The predicted octanol–water partition coefficient (Wildman–Crippen LogP) is 2.05. The van der Waals surface area contributed by atoms with Crippen molar-refractivity contribution in [3.05, 3.63) is 60.0 Å². The van der Waals surface area contributed by atoms with Gasteiger partial charge in [-0.25, -0.2) is 18.2 Å². The quantitative estimate of drug-likeness (QED) is 0.734. The van der Waals surface area contributed by atoms with Crippen LogP contribution in [0.4, 0.5) is 5.69 Å². The van der Waals surface area contributed by atoms with Crippen LogP contribution in [0.2, 0.25) is 0 Å². The first-order chi connectivity index (χ1) is 11.4. The molecule has 24 heavy (non-hydrogen) atoms. The summed E-state index contributed by atoms with van der Waals surface area (Å²) in [5, 5.41) is 12.5. The fourth-order valence-corrected chi connectivity index (χ4v) is 3.50. The van der Waals surface area contributed by atoms with Crippen molar-refractivity contribution >= 4 is 27.1 Å². The van der Waals surface area contributed by atoms with Crippen molar-refractivity contribution in [1.29, 1.82) is 0 Å². The lowest BCUT2D eigenvalue weighted by Crippen LogP contribution is -2.12. The van der Waals surface area contributed by atoms with Crippen LogP contribution in [0.1, 0.15) is 16.1 Å². The zero-order chi connectivity index (χ0) is 17.3. The number of rotatable bonds is 5. The maximum Gasteiger partial charge on any atom is 0.355 e. The third kappa shape index (κ3) is 2.95. The Morgan fingerprint density at radius 1 is 1.25 bits per heavy atom. The molecule has 1 aromatic carbocycles. The number of pyridine rings is 1. The normalized spacial score (nSPS) is 11.5. The monoisotopic (exact) mass is 345 g/mol. The van der Waals surface area contributed by atoms with Crippen molar-refractivity contribution in [1.82, 2.24) is 9.38 Å². The number of nitrogens with one attached hydrogen (secondary N) is 1. The number of imidazole rings is 1. The summed E-state index contributed by atoms with van der Waals surface area (Å²) in [6, 6.07) is 9.93. The highest BCUT2D eigenvalue weighted by Crippen LogP contribution is 2.21. The second-order valence-electron chi connectivity index (χ2n) is 5.29. The Labute approximate surface area is 138 Å². The van der Waals surface area contributed by atoms with Crippen molar-refractivity contribution in [3.63, 3.8) is 0 Å². The van der Waals surface area contributed by atoms with Crippen LogP contribution >= 0.6 is 0 Å². The van der Waals surface area contributed by atoms with Crippen molar-refractivity contribution in [2.75, 3.05) is 11.6 Å². The van der Waals surface area contributed by atoms with Gasteiger partial charge in [0.1, 0.15) is 5.65 Å². The molecule has 0 fully saturated rings. The van der Waals surface area contributed by atoms with E-state index in [9.17, 15) is 18.3 Å². The number of anilines is 1. The predicted molar refractivity (Wildman–Crippen MR) is 89.0 cm³/mol. The molecule has 0 atom stereocenters. The summed E-state index contributed by atoms with van der Waals surface area (Å²) in [6.45, 7) is 0.184. The fraction of sp³-hybridized carbons (Fsp3) is 0.125. The van der Waals surface area contributed by atoms with Crippen molar-refractivity contribution in [3.8, 4) is 0 Å². The Bertz CT molecular complexity index is 1020. The maximum absolute atomic E-state index is 11.8. The third-order valence-corrected chi connectivity index (χ3v) is 4.81. The molecule has 124 valence electrons. The Morgan fingerprint density at radius 2 is 2.00 bits per heavy atom. The van der Waals surface area contributed by atoms with Crippen LogP contribution in [0.25, 0.3) is 5.65 Å². The molecule has 3 rings (SSSR count). The highest BCUT2D eigenvalue weighted by Gasteiger charge is 2.16. The van der Waals surface area contributed by atoms with E-state index in [0.29, 0.717) is 16.9 Å². The van der Waals surface area contributed by atoms with Gasteiger partial charge in [0.05, 0.1) is 10.6 Å². The second kappa shape index (κ2) is 5.97. The molecule has 8 heteroatoms. The molecule has 0 saturated heterocycles. The molecule has 7 nitrogen and oxygen atoms in total. The zero-order valence-corrected chi connectivity index (χ0v) is 13.6. The highest BCUT2D eigenvalue weighted by atomic mass is 32.2. The van der Waals surface area contributed by atoms with Crippen molar-refractivity contribution in [2.45, 2.75) is 11.4 Å². The molecule has 0 aliphatic carbocycles. The molecule has 0 radical (unpaired) electrons. The van der Waals surface area contributed by atoms with E-state index in [2.05, 4.69) is 10.3 Å². The molecular formula is C16H15N3O4S. The summed E-state index contributed by atoms with van der Waals surface area (Å²) >= 11 is 0. The van der Waals surface area contributed by atoms with Gasteiger partial charge in [0.25, 0.3) is 0 Å². The summed E-state index contributed by atoms with van der Waals surface area (Å²) in [5.74, 6) is -1.10. The third-order valence-electron chi connectivity index (χ3n) is 3.61. The Kier molecular flexibility index (Phi) is 3.98. The number of nitrogens with zero attached hydrogens (tertiary/aromatic N) is 2. The Balaban J connectivity index is 1.98. The molecule has 2 heterocycles. The highest BCUT2D eigenvalue weighted by molar-refractivity contribution is 7.90. The first kappa shape index (κ1) is 16.0. The van der Waals surface area contributed by atoms with Gasteiger partial charge in [-0.1, -0.05) is 18.2 Å². The summed E-state index contributed by atoms with van der Waals surface area (Å²) in [6.07, 6.45) is 4.23. The lowest BCUT2D eigenvalue weighted by Gasteiger charge is -2.13. The number of aromatic carboxylic acids is 1. The van der Waals surface area contributed by atoms with Crippen LogP contribution < -0.4 is 5.32 Å². The van der Waals surface area contributed by atoms with Crippen molar-refractivity contribution < 1.29 is 18.3 Å². The lowest BCUT2D eigenvalue weighted by molar-refractivity contribution is 0.0690. The number of hydrogen-bond donors (Lipinski definition) is 2. The van der Waals surface area contributed by atoms with Crippen LogP contribution in [0.3, 0.4) is 0 Å². The first-order valence-electron chi connectivity index (χ1n) is 7.09. The number of sulfone groups is 1. The van der Waals surface area contributed by atoms with Crippen LogP contribution in [0, 0.1) is 0 Å². The minimum absolute atomic E-state index is 0.0434. The summed E-state index contributed by atoms with van der Waals surface area (Å²) < 4.78 is 25.2. The van der Waals surface area contributed by atoms with E-state index >= 15 is 0 Å². The molecule has 3 aromatic rings. The lowest BCUT2D eigenvalue weighted by atomic mass is 10.2. The van der Waals surface area contributed by atoms with Crippen LogP contribution in [0.15, 0.2) is 53.7 Å². The van der Waals surface area contributed by atoms with Gasteiger partial charge >= 0.3 is 5.97 Å². The topological polar surface area (TPSA) is 101 Å².